The molecule has 0 radical (unpaired) electrons. The van der Waals surface area contributed by atoms with E-state index in [-0.39, 0.29) is 50.9 Å². The lowest BCUT2D eigenvalue weighted by Gasteiger charge is -2.42. The summed E-state index contributed by atoms with van der Waals surface area (Å²) in [5.74, 6) is -18.1. The number of phenols is 4. The smallest absolute Gasteiger partial charge is 0.333 e. The number of aliphatic hydroxyl groups excluding tert-OH is 18. The zero-order valence-corrected chi connectivity index (χ0v) is 71.5. The number of hydrogen-bond acceptors (Lipinski definition) is 33. The molecule has 23 atom stereocenters. The first-order chi connectivity index (χ1) is 63.0. The molecular weight excluding hydrogens is 1780 g/mol. The molecule has 42 nitrogen and oxygen atoms in total. The molecule has 132 heavy (non-hydrogen) atoms. The summed E-state index contributed by atoms with van der Waals surface area (Å²) in [4.78, 5) is 50.0. The number of carboxylic acids is 1. The van der Waals surface area contributed by atoms with Crippen LogP contribution in [0, 0.1) is 0 Å². The van der Waals surface area contributed by atoms with Crippen LogP contribution in [0.2, 0.25) is 10.0 Å². The van der Waals surface area contributed by atoms with Crippen LogP contribution in [0.1, 0.15) is 140 Å². The lowest BCUT2D eigenvalue weighted by atomic mass is 9.90. The number of carbonyl (C=O) groups is 1. The molecular formula is C88H97Cl2N9O33. The quantitative estimate of drug-likeness (QED) is 0.0196. The number of hydrogen-bond donors (Lipinski definition) is 24. The fraction of sp³-hybridized carbons (Fsp3) is 0.420. The molecule has 7 aromatic carbocycles. The van der Waals surface area contributed by atoms with Gasteiger partial charge in [-0.05, 0) is 119 Å². The molecule has 7 aromatic rings. The maximum absolute atomic E-state index is 14.3. The van der Waals surface area contributed by atoms with Gasteiger partial charge in [0.05, 0.1) is 29.9 Å². The molecule has 0 amide bonds. The van der Waals surface area contributed by atoms with Gasteiger partial charge in [0.15, 0.2) is 71.3 Å². The highest BCUT2D eigenvalue weighted by Crippen LogP contribution is 2.52. The van der Waals surface area contributed by atoms with Gasteiger partial charge in [0.2, 0.25) is 53.7 Å². The number of fused-ring (bicyclic) bond motifs is 12. The van der Waals surface area contributed by atoms with Crippen molar-refractivity contribution in [3.05, 3.63) is 164 Å². The number of nitrogens with two attached hydrogens (primary N) is 1. The summed E-state index contributed by atoms with van der Waals surface area (Å²) in [6.07, 6.45) is -23.4. The molecule has 0 spiro atoms. The van der Waals surface area contributed by atoms with Crippen molar-refractivity contribution in [1.82, 2.24) is 0 Å². The number of aromatic hydroxyl groups is 4. The van der Waals surface area contributed by atoms with Crippen molar-refractivity contribution in [2.24, 2.45) is 45.7 Å². The number of ether oxygens (including phenoxy) is 9. The van der Waals surface area contributed by atoms with Crippen molar-refractivity contribution in [2.75, 3.05) is 19.8 Å². The highest BCUT2D eigenvalue weighted by atomic mass is 35.5. The number of rotatable bonds is 20. The Hall–Kier alpha value is -12.1. The Labute approximate surface area is 759 Å². The Morgan fingerprint density at radius 3 is 1.65 bits per heavy atom. The van der Waals surface area contributed by atoms with E-state index >= 15 is 0 Å². The van der Waals surface area contributed by atoms with Gasteiger partial charge in [0, 0.05) is 48.6 Å². The van der Waals surface area contributed by atoms with Crippen LogP contribution in [-0.2, 0) is 30.2 Å². The van der Waals surface area contributed by atoms with Gasteiger partial charge in [-0.1, -0.05) is 92.9 Å². The zero-order valence-electron chi connectivity index (χ0n) is 70.0. The van der Waals surface area contributed by atoms with Crippen molar-refractivity contribution in [1.29, 1.82) is 0 Å². The summed E-state index contributed by atoms with van der Waals surface area (Å²) in [6, 6.07) is 1.27. The second-order valence-corrected chi connectivity index (χ2v) is 33.1. The Balaban J connectivity index is 1.09. The van der Waals surface area contributed by atoms with E-state index in [9.17, 15) is 122 Å². The highest BCUT2D eigenvalue weighted by molar-refractivity contribution is 6.32. The monoisotopic (exact) mass is 1880 g/mol. The summed E-state index contributed by atoms with van der Waals surface area (Å²) in [5, 5.41) is 271. The van der Waals surface area contributed by atoms with E-state index in [0.29, 0.717) is 12.8 Å². The van der Waals surface area contributed by atoms with E-state index in [1.54, 1.807) is 0 Å². The van der Waals surface area contributed by atoms with Gasteiger partial charge >= 0.3 is 5.97 Å². The van der Waals surface area contributed by atoms with E-state index in [1.165, 1.54) is 36.4 Å². The first-order valence-electron chi connectivity index (χ1n) is 41.8. The number of nitrogens with zero attached hydrogens (tertiary/aromatic N) is 8. The minimum atomic E-state index is -2.63. The Bertz CT molecular complexity index is 5680. The molecule has 706 valence electrons. The van der Waals surface area contributed by atoms with Gasteiger partial charge in [-0.15, -0.1) is 0 Å². The molecule has 0 aromatic heterocycles. The maximum Gasteiger partial charge on any atom is 0.333 e. The predicted octanol–water partition coefficient (Wildman–Crippen LogP) is 7.89. The Kier molecular flexibility index (Phi) is 29.8. The van der Waals surface area contributed by atoms with Crippen LogP contribution in [-0.4, -0.2) is 294 Å². The third-order valence-electron chi connectivity index (χ3n) is 23.0. The van der Waals surface area contributed by atoms with Gasteiger partial charge in [-0.2, -0.15) is 0 Å². The molecule has 44 heteroatoms. The summed E-state index contributed by atoms with van der Waals surface area (Å²) in [7, 11) is 0. The van der Waals surface area contributed by atoms with Crippen LogP contribution in [0.4, 0.5) is 0 Å². The maximum atomic E-state index is 14.3. The lowest BCUT2D eigenvalue weighted by molar-refractivity contribution is -0.279. The Morgan fingerprint density at radius 1 is 0.477 bits per heavy atom. The van der Waals surface area contributed by atoms with E-state index in [2.05, 4.69) is 41.9 Å². The predicted molar refractivity (Wildman–Crippen MR) is 469 cm³/mol. The second-order valence-electron chi connectivity index (χ2n) is 32.3. The number of phenolic OH excluding ortho intramolecular Hbond substituents is 4. The van der Waals surface area contributed by atoms with Gasteiger partial charge in [-0.3, -0.25) is 0 Å². The number of carboxylic acid groups (broad SMARTS) is 1. The largest absolute Gasteiger partial charge is 0.508 e. The van der Waals surface area contributed by atoms with Crippen LogP contribution in [0.15, 0.2) is 155 Å². The summed E-state index contributed by atoms with van der Waals surface area (Å²) < 4.78 is 57.7. The third kappa shape index (κ3) is 20.7. The van der Waals surface area contributed by atoms with Crippen LogP contribution in [0.3, 0.4) is 0 Å². The van der Waals surface area contributed by atoms with Gasteiger partial charge in [0.25, 0.3) is 0 Å². The van der Waals surface area contributed by atoms with Crippen LogP contribution >= 0.6 is 23.2 Å². The van der Waals surface area contributed by atoms with Gasteiger partial charge < -0.3 is 166 Å². The van der Waals surface area contributed by atoms with Crippen molar-refractivity contribution < 1.29 is 165 Å². The fourth-order valence-corrected chi connectivity index (χ4v) is 16.6. The molecule has 3 saturated heterocycles. The molecule has 25 N–H and O–H groups in total. The number of aliphatic hydroxyl groups is 18. The highest BCUT2D eigenvalue weighted by Gasteiger charge is 2.51. The minimum absolute atomic E-state index is 0.0705. The lowest BCUT2D eigenvalue weighted by Crippen LogP contribution is -2.60. The third-order valence-corrected chi connectivity index (χ3v) is 23.6. The van der Waals surface area contributed by atoms with Crippen LogP contribution < -0.4 is 29.4 Å². The van der Waals surface area contributed by atoms with Crippen molar-refractivity contribution in [2.45, 2.75) is 212 Å². The van der Waals surface area contributed by atoms with E-state index in [0.717, 1.165) is 118 Å². The summed E-state index contributed by atoms with van der Waals surface area (Å²) in [5.41, 5.74) is 3.11. The van der Waals surface area contributed by atoms with Crippen molar-refractivity contribution in [3.8, 4) is 80.1 Å². The van der Waals surface area contributed by atoms with E-state index < -0.39 is 304 Å². The van der Waals surface area contributed by atoms with Crippen molar-refractivity contribution in [3.63, 3.8) is 0 Å². The van der Waals surface area contributed by atoms with E-state index in [1.807, 2.05) is 0 Å². The molecule has 0 aliphatic carbocycles. The van der Waals surface area contributed by atoms with Crippen LogP contribution in [0.25, 0.3) is 11.1 Å². The molecule has 0 unspecified atom stereocenters. The number of aliphatic carboxylic acids is 1. The second kappa shape index (κ2) is 41.0. The number of unbranched alkanes of at least 4 members (excludes halogenated alkanes) is 6. The topological polar surface area (TPSA) is 690 Å². The standard InChI is InChI=1S/C88H97Cl2N9O33/c1-3-4-5-6-7-8-9-10-60(108)94-68-74(113)71(110)58(32-101)129-87(68)132-78-55-26-40-27-56(78)126-52-18-14-38(24-47(52)90)77(131-86-67(92-34(2)103)73(112)70(109)57(31-100)128-86)69-84(121)98-66(85(122)123)45-29-42(105)30-54(127-88-76(115)75(114)72(111)59(33-102)130-88)61(45)44-23-37(13-15-49(44)106)63(81(118)99-69)96-83(120)65(40)97-82(119)64-39-21-41(104)28-43(22-39)124-53-25-36(12-16-50(53)107)62(91)80(117)93-48(79(116)95-64)20-35-11-17-51(125-55)46(89)19-35/h11-19,21-30,48,57-59,62-77,86-88,100-102,104-107,109-115H,3-10,20,31-33,91H2,1-2H3,(H,92,103)(H,93,117)(H,94,108)(H,95,116)(H,96,120)(H,97,119)(H,98,121)(H,99,118)(H,122,123)/t48-,57-,58-,59-,62-,63-,64+,65-,66+,67-,68-,69+,70-,71-,72-,73-,74-,75+,76+,77-,86+,87+,88+/m1/s1. The zero-order chi connectivity index (χ0) is 94.7. The van der Waals surface area contributed by atoms with Crippen molar-refractivity contribution >= 4 is 76.4 Å². The number of aliphatic imine (C=N–C) groups is 8. The first kappa shape index (κ1) is 96.0. The molecule has 16 rings (SSSR count). The summed E-state index contributed by atoms with van der Waals surface area (Å²) >= 11 is 14.8. The number of benzene rings is 7. The number of halogens is 2. The molecule has 9 heterocycles. The first-order valence-corrected chi connectivity index (χ1v) is 42.6. The minimum Gasteiger partial charge on any atom is -0.508 e. The molecule has 9 aliphatic rings. The normalized spacial score (nSPS) is 29.2. The van der Waals surface area contributed by atoms with Crippen LogP contribution in [0.5, 0.6) is 69.0 Å². The SMILES string of the molecule is CCCCCCCCCC(O)=N[C@H]1[C@H](Oc2c3cc4cc2Oc2ccc(cc2Cl)[C@@H](O[C@@H]2O[C@H](CO)[C@@H](O)[C@H](O)[C@H]2N=C(C)O)[C@@H]2N=C(O)[C@H](N=C(O)[C@@H]4N=C(O)[C@H]4N=C(O)[C@@H](Cc5ccc(c(Cl)c5)O3)N=C(O)[C@H](N)c3ccc(O)c(c3)Oc3cc(O)cc4c3)c3ccc(O)c(c3)-c3c(O[C@H]4O[C@H](CO)[C@@H](O)[C@H](O)[C@@H]4O)cc(O)cc3[C@@H](C(=O)O)N=C2O)O[C@H](CO)[C@@H](O)[C@@H]1O. The van der Waals surface area contributed by atoms with Gasteiger partial charge in [0.1, 0.15) is 132 Å². The molecule has 0 saturated carbocycles. The molecule has 3 fully saturated rings. The average Bonchev–Trinajstić information content (AvgIpc) is 0.757. The molecule has 17 bridgehead atoms. The fourth-order valence-electron chi connectivity index (χ4n) is 16.1. The summed E-state index contributed by atoms with van der Waals surface area (Å²) in [6.45, 7) is 0.00992. The van der Waals surface area contributed by atoms with Gasteiger partial charge in [-0.25, -0.2) is 44.7 Å². The Morgan fingerprint density at radius 2 is 1.02 bits per heavy atom. The molecule has 9 aliphatic heterocycles. The average molecular weight is 1880 g/mol. The van der Waals surface area contributed by atoms with E-state index in [4.69, 9.17) is 76.6 Å².